The lowest BCUT2D eigenvalue weighted by molar-refractivity contribution is -0.139. The summed E-state index contributed by atoms with van der Waals surface area (Å²) in [5, 5.41) is 9.05. The van der Waals surface area contributed by atoms with Crippen LogP contribution in [0.1, 0.15) is 32.3 Å². The number of carbonyl (C=O) groups excluding carboxylic acids is 1. The van der Waals surface area contributed by atoms with Crippen LogP contribution in [0.4, 0.5) is 0 Å². The Morgan fingerprint density at radius 3 is 2.55 bits per heavy atom. The number of carboxylic acid groups (broad SMARTS) is 1. The number of ether oxygens (including phenoxy) is 1. The summed E-state index contributed by atoms with van der Waals surface area (Å²) in [5.74, 6) is -0.831. The van der Waals surface area contributed by atoms with Crippen LogP contribution in [0, 0.1) is 5.41 Å². The fraction of sp³-hybridized carbons (Fsp3) is 0.375. The molecule has 1 aromatic carbocycles. The van der Waals surface area contributed by atoms with Gasteiger partial charge in [-0.25, -0.2) is 4.79 Å². The lowest BCUT2D eigenvalue weighted by Gasteiger charge is -2.29. The quantitative estimate of drug-likeness (QED) is 0.889. The number of allylic oxidation sites excluding steroid dienone is 2. The first kappa shape index (κ1) is 16.8. The highest BCUT2D eigenvalue weighted by atomic mass is 35.5. The van der Waals surface area contributed by atoms with Crippen LogP contribution in [0.25, 0.3) is 5.57 Å². The van der Waals surface area contributed by atoms with Crippen molar-refractivity contribution in [2.45, 2.75) is 26.7 Å². The van der Waals surface area contributed by atoms with E-state index >= 15 is 0 Å². The number of carbonyl (C=O) groups is 2. The van der Waals surface area contributed by atoms with Crippen LogP contribution in [0.15, 0.2) is 18.2 Å². The maximum atomic E-state index is 11.9. The minimum absolute atomic E-state index is 0.0599. The zero-order valence-corrected chi connectivity index (χ0v) is 13.8. The predicted octanol–water partition coefficient (Wildman–Crippen LogP) is 4.23. The van der Waals surface area contributed by atoms with Gasteiger partial charge >= 0.3 is 5.97 Å². The van der Waals surface area contributed by atoms with Crippen molar-refractivity contribution in [1.29, 1.82) is 0 Å². The number of hydrogen-bond acceptors (Lipinski definition) is 3. The number of ketones is 1. The van der Waals surface area contributed by atoms with Gasteiger partial charge in [-0.05, 0) is 41.2 Å². The molecule has 118 valence electrons. The number of carboxylic acids is 1. The van der Waals surface area contributed by atoms with Crippen LogP contribution >= 0.6 is 23.2 Å². The van der Waals surface area contributed by atoms with Gasteiger partial charge in [-0.1, -0.05) is 37.0 Å². The Kier molecular flexibility index (Phi) is 4.83. The summed E-state index contributed by atoms with van der Waals surface area (Å²) < 4.78 is 5.08. The Balaban J connectivity index is 2.35. The monoisotopic (exact) mass is 342 g/mol. The van der Waals surface area contributed by atoms with E-state index in [-0.39, 0.29) is 27.0 Å². The molecule has 0 unspecified atom stereocenters. The molecule has 0 heterocycles. The first-order valence-electron chi connectivity index (χ1n) is 6.76. The highest BCUT2D eigenvalue weighted by Gasteiger charge is 2.29. The molecule has 4 nitrogen and oxygen atoms in total. The second-order valence-electron chi connectivity index (χ2n) is 6.08. The molecule has 0 aliphatic heterocycles. The van der Waals surface area contributed by atoms with Crippen molar-refractivity contribution in [2.24, 2.45) is 5.41 Å². The highest BCUT2D eigenvalue weighted by molar-refractivity contribution is 6.44. The van der Waals surface area contributed by atoms with E-state index in [4.69, 9.17) is 33.0 Å². The van der Waals surface area contributed by atoms with Gasteiger partial charge in [-0.2, -0.15) is 0 Å². The van der Waals surface area contributed by atoms with E-state index in [0.29, 0.717) is 18.4 Å². The smallest absolute Gasteiger partial charge is 0.341 e. The fourth-order valence-corrected chi connectivity index (χ4v) is 3.05. The zero-order chi connectivity index (χ0) is 16.5. The molecule has 1 N–H and O–H groups in total. The predicted molar refractivity (Wildman–Crippen MR) is 85.6 cm³/mol. The summed E-state index contributed by atoms with van der Waals surface area (Å²) in [6, 6.07) is 3.27. The second kappa shape index (κ2) is 6.31. The molecule has 1 aliphatic rings. The minimum Gasteiger partial charge on any atom is -0.480 e. The average molecular weight is 343 g/mol. The van der Waals surface area contributed by atoms with Crippen LogP contribution in [-0.2, 0) is 9.59 Å². The van der Waals surface area contributed by atoms with E-state index in [0.717, 1.165) is 5.57 Å². The SMILES string of the molecule is CC1(C)CC(=O)C=C(c2ccc(OCC(=O)O)c(Cl)c2Cl)C1. The molecular weight excluding hydrogens is 327 g/mol. The summed E-state index contributed by atoms with van der Waals surface area (Å²) >= 11 is 12.4. The van der Waals surface area contributed by atoms with Crippen LogP contribution in [0.5, 0.6) is 5.75 Å². The van der Waals surface area contributed by atoms with Gasteiger partial charge in [-0.3, -0.25) is 4.79 Å². The van der Waals surface area contributed by atoms with Gasteiger partial charge in [-0.15, -0.1) is 0 Å². The number of rotatable bonds is 4. The van der Waals surface area contributed by atoms with Crippen molar-refractivity contribution >= 4 is 40.5 Å². The molecule has 0 saturated heterocycles. The van der Waals surface area contributed by atoms with Gasteiger partial charge in [0.15, 0.2) is 12.4 Å². The minimum atomic E-state index is -1.10. The van der Waals surface area contributed by atoms with E-state index in [1.54, 1.807) is 18.2 Å². The second-order valence-corrected chi connectivity index (χ2v) is 6.83. The molecule has 6 heteroatoms. The van der Waals surface area contributed by atoms with E-state index in [1.807, 2.05) is 13.8 Å². The zero-order valence-electron chi connectivity index (χ0n) is 12.3. The fourth-order valence-electron chi connectivity index (χ4n) is 2.55. The highest BCUT2D eigenvalue weighted by Crippen LogP contribution is 2.43. The van der Waals surface area contributed by atoms with Gasteiger partial charge in [0, 0.05) is 6.42 Å². The normalized spacial score (nSPS) is 17.1. The Morgan fingerprint density at radius 1 is 1.27 bits per heavy atom. The van der Waals surface area contributed by atoms with Gasteiger partial charge < -0.3 is 9.84 Å². The average Bonchev–Trinajstić information content (AvgIpc) is 2.37. The van der Waals surface area contributed by atoms with Crippen molar-refractivity contribution in [3.05, 3.63) is 33.8 Å². The third-order valence-electron chi connectivity index (χ3n) is 3.40. The maximum absolute atomic E-state index is 11.9. The third-order valence-corrected chi connectivity index (χ3v) is 4.27. The summed E-state index contributed by atoms with van der Waals surface area (Å²) in [6.07, 6.45) is 2.81. The molecule has 0 spiro atoms. The molecule has 0 bridgehead atoms. The molecule has 1 aromatic rings. The van der Waals surface area contributed by atoms with Gasteiger partial charge in [0.25, 0.3) is 0 Å². The van der Waals surface area contributed by atoms with Crippen LogP contribution < -0.4 is 4.74 Å². The summed E-state index contributed by atoms with van der Waals surface area (Å²) in [5.41, 5.74) is 1.38. The number of halogens is 2. The molecule has 0 radical (unpaired) electrons. The van der Waals surface area contributed by atoms with E-state index in [1.165, 1.54) is 0 Å². The third kappa shape index (κ3) is 3.81. The summed E-state index contributed by atoms with van der Waals surface area (Å²) in [7, 11) is 0. The number of benzene rings is 1. The molecule has 0 amide bonds. The Morgan fingerprint density at radius 2 is 1.95 bits per heavy atom. The Hall–Kier alpha value is -1.52. The topological polar surface area (TPSA) is 63.6 Å². The largest absolute Gasteiger partial charge is 0.480 e. The van der Waals surface area contributed by atoms with Crippen molar-refractivity contribution in [3.8, 4) is 5.75 Å². The molecule has 22 heavy (non-hydrogen) atoms. The summed E-state index contributed by atoms with van der Waals surface area (Å²) in [4.78, 5) is 22.4. The molecule has 0 saturated carbocycles. The Bertz CT molecular complexity index is 662. The molecular formula is C16H16Cl2O4. The lowest BCUT2D eigenvalue weighted by Crippen LogP contribution is -2.21. The van der Waals surface area contributed by atoms with Crippen molar-refractivity contribution < 1.29 is 19.4 Å². The van der Waals surface area contributed by atoms with Crippen LogP contribution in [0.2, 0.25) is 10.0 Å². The van der Waals surface area contributed by atoms with Gasteiger partial charge in [0.05, 0.1) is 5.02 Å². The molecule has 0 fully saturated rings. The molecule has 0 aromatic heterocycles. The van der Waals surface area contributed by atoms with Crippen LogP contribution in [0.3, 0.4) is 0 Å². The number of hydrogen-bond donors (Lipinski definition) is 1. The van der Waals surface area contributed by atoms with E-state index in [9.17, 15) is 9.59 Å². The van der Waals surface area contributed by atoms with Gasteiger partial charge in [0.1, 0.15) is 10.8 Å². The maximum Gasteiger partial charge on any atom is 0.341 e. The van der Waals surface area contributed by atoms with Crippen molar-refractivity contribution in [1.82, 2.24) is 0 Å². The van der Waals surface area contributed by atoms with E-state index < -0.39 is 12.6 Å². The molecule has 0 atom stereocenters. The molecule has 2 rings (SSSR count). The van der Waals surface area contributed by atoms with E-state index in [2.05, 4.69) is 0 Å². The lowest BCUT2D eigenvalue weighted by atomic mass is 9.75. The Labute approximate surface area is 138 Å². The van der Waals surface area contributed by atoms with Crippen molar-refractivity contribution in [3.63, 3.8) is 0 Å². The standard InChI is InChI=1S/C16H16Cl2O4/c1-16(2)6-9(5-10(19)7-16)11-3-4-12(15(18)14(11)17)22-8-13(20)21/h3-5H,6-8H2,1-2H3,(H,20,21). The number of aliphatic carboxylic acids is 1. The first-order chi connectivity index (χ1) is 10.2. The van der Waals surface area contributed by atoms with Crippen molar-refractivity contribution in [2.75, 3.05) is 6.61 Å². The summed E-state index contributed by atoms with van der Waals surface area (Å²) in [6.45, 7) is 3.55. The van der Waals surface area contributed by atoms with Crippen LogP contribution in [-0.4, -0.2) is 23.5 Å². The molecule has 1 aliphatic carbocycles. The van der Waals surface area contributed by atoms with Gasteiger partial charge in [0.2, 0.25) is 0 Å². The first-order valence-corrected chi connectivity index (χ1v) is 7.51.